The second-order valence-corrected chi connectivity index (χ2v) is 10.7. The topological polar surface area (TPSA) is 60.8 Å². The average molecular weight is 357 g/mol. The molecule has 6 rings (SSSR count). The Morgan fingerprint density at radius 2 is 2.08 bits per heavy atom. The van der Waals surface area contributed by atoms with Gasteiger partial charge in [-0.1, -0.05) is 20.4 Å². The molecule has 0 aromatic heterocycles. The Kier molecular flexibility index (Phi) is 2.80. The molecule has 5 saturated carbocycles. The van der Waals surface area contributed by atoms with E-state index in [9.17, 15) is 15.0 Å². The summed E-state index contributed by atoms with van der Waals surface area (Å²) in [6.07, 6.45) is 3.50. The Morgan fingerprint density at radius 1 is 1.31 bits per heavy atom. The molecule has 0 unspecified atom stereocenters. The third-order valence-corrected chi connectivity index (χ3v) is 10.4. The maximum absolute atomic E-state index is 13.0. The average Bonchev–Trinajstić information content (AvgIpc) is 3.14. The number of Topliss-reactive ketones (excluding diaryl/α,β-unsaturated/α-hetero) is 1. The Bertz CT molecular complexity index is 735. The van der Waals surface area contributed by atoms with Gasteiger partial charge in [0.2, 0.25) is 0 Å². The summed E-state index contributed by atoms with van der Waals surface area (Å²) in [6, 6.07) is 0.331. The first-order chi connectivity index (χ1) is 12.3. The van der Waals surface area contributed by atoms with Gasteiger partial charge in [-0.05, 0) is 61.0 Å². The minimum absolute atomic E-state index is 0.130. The van der Waals surface area contributed by atoms with Crippen LogP contribution in [0.2, 0.25) is 0 Å². The molecule has 0 aromatic carbocycles. The number of nitrogens with zero attached hydrogens (tertiary/aromatic N) is 1. The lowest BCUT2D eigenvalue weighted by Crippen LogP contribution is -2.68. The normalized spacial score (nSPS) is 62.7. The van der Waals surface area contributed by atoms with Crippen LogP contribution in [0.3, 0.4) is 0 Å². The monoisotopic (exact) mass is 357 g/mol. The van der Waals surface area contributed by atoms with E-state index in [4.69, 9.17) is 0 Å². The maximum Gasteiger partial charge on any atom is 0.140 e. The van der Waals surface area contributed by atoms with Crippen LogP contribution in [0.5, 0.6) is 0 Å². The van der Waals surface area contributed by atoms with Crippen molar-refractivity contribution in [1.82, 2.24) is 4.90 Å². The fraction of sp³-hybridized carbons (Fsp3) is 0.864. The summed E-state index contributed by atoms with van der Waals surface area (Å²) in [5, 5.41) is 22.8. The first kappa shape index (κ1) is 16.3. The number of aliphatic hydroxyl groups is 2. The number of ketones is 1. The number of carbonyl (C=O) groups excluding carboxylic acids is 1. The molecule has 0 radical (unpaired) electrons. The summed E-state index contributed by atoms with van der Waals surface area (Å²) in [6.45, 7) is 10.9. The van der Waals surface area contributed by atoms with Crippen LogP contribution in [-0.4, -0.2) is 52.2 Å². The minimum Gasteiger partial charge on any atom is -0.392 e. The van der Waals surface area contributed by atoms with Crippen molar-refractivity contribution in [2.75, 3.05) is 13.1 Å². The summed E-state index contributed by atoms with van der Waals surface area (Å²) in [7, 11) is 0. The fourth-order valence-electron chi connectivity index (χ4n) is 9.75. The van der Waals surface area contributed by atoms with Gasteiger partial charge >= 0.3 is 0 Å². The summed E-state index contributed by atoms with van der Waals surface area (Å²) in [5.41, 5.74) is 0.598. The molecule has 1 aliphatic heterocycles. The quantitative estimate of drug-likeness (QED) is 0.705. The molecule has 6 fully saturated rings. The predicted octanol–water partition coefficient (Wildman–Crippen LogP) is 2.00. The van der Waals surface area contributed by atoms with Crippen LogP contribution >= 0.6 is 0 Å². The van der Waals surface area contributed by atoms with Gasteiger partial charge in [-0.3, -0.25) is 9.69 Å². The number of hydrogen-bond donors (Lipinski definition) is 2. The number of carbonyl (C=O) groups is 1. The highest BCUT2D eigenvalue weighted by Crippen LogP contribution is 2.83. The predicted molar refractivity (Wildman–Crippen MR) is 97.2 cm³/mol. The van der Waals surface area contributed by atoms with E-state index in [2.05, 4.69) is 25.3 Å². The molecule has 0 aromatic rings. The van der Waals surface area contributed by atoms with E-state index in [1.54, 1.807) is 0 Å². The molecular weight excluding hydrogens is 326 g/mol. The Labute approximate surface area is 155 Å². The van der Waals surface area contributed by atoms with Crippen LogP contribution < -0.4 is 0 Å². The molecule has 142 valence electrons. The lowest BCUT2D eigenvalue weighted by atomic mass is 9.43. The van der Waals surface area contributed by atoms with Gasteiger partial charge in [0.25, 0.3) is 0 Å². The zero-order valence-electron chi connectivity index (χ0n) is 15.9. The van der Waals surface area contributed by atoms with Gasteiger partial charge in [-0.25, -0.2) is 0 Å². The number of likely N-dealkylation sites (tertiary alicyclic amines) is 1. The van der Waals surface area contributed by atoms with Crippen molar-refractivity contribution in [3.63, 3.8) is 0 Å². The molecule has 5 aliphatic carbocycles. The van der Waals surface area contributed by atoms with Crippen molar-refractivity contribution in [3.05, 3.63) is 12.2 Å². The molecule has 6 aliphatic rings. The van der Waals surface area contributed by atoms with Crippen molar-refractivity contribution < 1.29 is 15.0 Å². The first-order valence-electron chi connectivity index (χ1n) is 10.6. The lowest BCUT2D eigenvalue weighted by molar-refractivity contribution is -0.211. The molecule has 7 bridgehead atoms. The van der Waals surface area contributed by atoms with E-state index >= 15 is 0 Å². The highest BCUT2D eigenvalue weighted by atomic mass is 16.3. The number of rotatable bonds is 1. The Hall–Kier alpha value is -0.710. The molecule has 26 heavy (non-hydrogen) atoms. The van der Waals surface area contributed by atoms with E-state index in [1.807, 2.05) is 0 Å². The Morgan fingerprint density at radius 3 is 2.81 bits per heavy atom. The molecule has 0 amide bonds. The van der Waals surface area contributed by atoms with Crippen molar-refractivity contribution >= 4 is 5.78 Å². The van der Waals surface area contributed by atoms with Crippen LogP contribution in [0.25, 0.3) is 0 Å². The minimum atomic E-state index is -0.561. The number of hydrogen-bond acceptors (Lipinski definition) is 4. The van der Waals surface area contributed by atoms with Crippen LogP contribution in [0.15, 0.2) is 12.2 Å². The highest BCUT2D eigenvalue weighted by molar-refractivity contribution is 5.87. The summed E-state index contributed by atoms with van der Waals surface area (Å²) in [4.78, 5) is 15.6. The van der Waals surface area contributed by atoms with Gasteiger partial charge in [0.1, 0.15) is 5.78 Å². The largest absolute Gasteiger partial charge is 0.392 e. The summed E-state index contributed by atoms with van der Waals surface area (Å²) < 4.78 is 0. The van der Waals surface area contributed by atoms with E-state index in [1.165, 1.54) is 0 Å². The molecule has 4 nitrogen and oxygen atoms in total. The van der Waals surface area contributed by atoms with Gasteiger partial charge in [0.15, 0.2) is 0 Å². The van der Waals surface area contributed by atoms with Crippen LogP contribution in [0.1, 0.15) is 46.0 Å². The molecule has 4 heteroatoms. The van der Waals surface area contributed by atoms with Gasteiger partial charge in [0.05, 0.1) is 12.2 Å². The van der Waals surface area contributed by atoms with Gasteiger partial charge in [-0.2, -0.15) is 0 Å². The standard InChI is InChI=1S/C22H31NO3/c1-4-23-10-20(3)6-5-17(25)22-15(20)7-13(18(22)23)21-9-12(11(2)19(21)26)14(24)8-16(21)22/h12-13,15-19,25-26H,2,4-10H2,1,3H3/t12-,13+,15-,16+,17+,18+,19-,20+,21+,22+/m1/s1. The van der Waals surface area contributed by atoms with E-state index in [0.29, 0.717) is 24.3 Å². The second kappa shape index (κ2) is 4.47. The van der Waals surface area contributed by atoms with Gasteiger partial charge < -0.3 is 10.2 Å². The zero-order valence-corrected chi connectivity index (χ0v) is 15.9. The lowest BCUT2D eigenvalue weighted by Gasteiger charge is -2.65. The fourth-order valence-corrected chi connectivity index (χ4v) is 9.75. The van der Waals surface area contributed by atoms with Gasteiger partial charge in [0, 0.05) is 35.8 Å². The SMILES string of the molecule is C=C1[C@H]2C[C@]3([C@@H]1O)[C@H]1C[C@@H]4[C@@]5(C)CC[C@H](O)[C@@]4([C@H]1N(CC)C5)[C@H]3CC2=O. The molecule has 2 spiro atoms. The molecule has 2 N–H and O–H groups in total. The van der Waals surface area contributed by atoms with Crippen molar-refractivity contribution in [1.29, 1.82) is 0 Å². The molecular formula is C22H31NO3. The third-order valence-electron chi connectivity index (χ3n) is 10.4. The first-order valence-corrected chi connectivity index (χ1v) is 10.6. The molecule has 10 atom stereocenters. The van der Waals surface area contributed by atoms with Crippen molar-refractivity contribution in [2.45, 2.75) is 64.2 Å². The smallest absolute Gasteiger partial charge is 0.140 e. The van der Waals surface area contributed by atoms with Gasteiger partial charge in [-0.15, -0.1) is 0 Å². The van der Waals surface area contributed by atoms with Crippen molar-refractivity contribution in [2.24, 2.45) is 39.9 Å². The second-order valence-electron chi connectivity index (χ2n) is 10.7. The molecule has 1 heterocycles. The van der Waals surface area contributed by atoms with E-state index in [0.717, 1.165) is 44.3 Å². The number of fused-ring (bicyclic) bond motifs is 1. The number of piperidine rings is 1. The van der Waals surface area contributed by atoms with Crippen LogP contribution in [-0.2, 0) is 4.79 Å². The van der Waals surface area contributed by atoms with Crippen molar-refractivity contribution in [3.8, 4) is 0 Å². The number of aliphatic hydroxyl groups excluding tert-OH is 2. The van der Waals surface area contributed by atoms with E-state index in [-0.39, 0.29) is 40.0 Å². The third kappa shape index (κ3) is 1.33. The Balaban J connectivity index is 1.62. The van der Waals surface area contributed by atoms with E-state index < -0.39 is 6.10 Å². The summed E-state index contributed by atoms with van der Waals surface area (Å²) >= 11 is 0. The van der Waals surface area contributed by atoms with Crippen LogP contribution in [0, 0.1) is 39.9 Å². The summed E-state index contributed by atoms with van der Waals surface area (Å²) in [5.74, 6) is 1.16. The molecule has 1 saturated heterocycles. The highest BCUT2D eigenvalue weighted by Gasteiger charge is 2.85. The zero-order chi connectivity index (χ0) is 18.2. The maximum atomic E-state index is 13.0. The van der Waals surface area contributed by atoms with Crippen LogP contribution in [0.4, 0.5) is 0 Å².